The molecule has 0 fully saturated rings. The Morgan fingerprint density at radius 1 is 1.16 bits per heavy atom. The van der Waals surface area contributed by atoms with Crippen LogP contribution >= 0.6 is 21.6 Å². The number of amides is 2. The molecule has 2 amide bonds. The van der Waals surface area contributed by atoms with Gasteiger partial charge in [0.05, 0.1) is 42.8 Å². The Hall–Kier alpha value is -3.31. The lowest BCUT2D eigenvalue weighted by Gasteiger charge is -2.28. The fourth-order valence-corrected chi connectivity index (χ4v) is 6.97. The average molecular weight is 635 g/mol. The van der Waals surface area contributed by atoms with Gasteiger partial charge in [-0.15, -0.1) is 13.2 Å². The van der Waals surface area contributed by atoms with E-state index in [0.29, 0.717) is 24.1 Å². The van der Waals surface area contributed by atoms with E-state index in [0.717, 1.165) is 29.8 Å². The third kappa shape index (κ3) is 10.1. The summed E-state index contributed by atoms with van der Waals surface area (Å²) in [7, 11) is 6.25. The van der Waals surface area contributed by atoms with E-state index in [1.165, 1.54) is 31.3 Å². The molecular weight excluding hydrogens is 588 g/mol. The summed E-state index contributed by atoms with van der Waals surface area (Å²) in [5, 5.41) is 10.5. The normalized spacial score (nSPS) is 14.5. The molecule has 2 aliphatic heterocycles. The van der Waals surface area contributed by atoms with E-state index >= 15 is 0 Å². The molecule has 0 radical (unpaired) electrons. The zero-order valence-corrected chi connectivity index (χ0v) is 28.0. The molecule has 0 bridgehead atoms. The Balaban J connectivity index is 0.00000105. The third-order valence-electron chi connectivity index (χ3n) is 6.23. The molecule has 2 aromatic rings. The number of methoxy groups -OCH3 is 2. The highest BCUT2D eigenvalue weighted by molar-refractivity contribution is 8.77. The SMILES string of the molecule is C=C.CC.CCCCSSC(C)(C)COC(=O)N1CC2Cc3ccccc3N2C(=O)c2cc(OC)c(O)cc21.COC=O. The van der Waals surface area contributed by atoms with Gasteiger partial charge < -0.3 is 24.2 Å². The number of ether oxygens (including phenoxy) is 3. The van der Waals surface area contributed by atoms with E-state index in [4.69, 9.17) is 14.3 Å². The molecule has 238 valence electrons. The number of unbranched alkanes of at least 4 members (excludes halogenated alkanes) is 1. The fourth-order valence-electron chi connectivity index (χ4n) is 4.35. The van der Waals surface area contributed by atoms with Crippen molar-refractivity contribution in [1.82, 2.24) is 0 Å². The average Bonchev–Trinajstić information content (AvgIpc) is 3.35. The van der Waals surface area contributed by atoms with Crippen LogP contribution in [0.15, 0.2) is 49.6 Å². The maximum Gasteiger partial charge on any atom is 0.414 e. The number of fused-ring (bicyclic) bond motifs is 4. The highest BCUT2D eigenvalue weighted by atomic mass is 33.1. The van der Waals surface area contributed by atoms with Gasteiger partial charge in [0, 0.05) is 17.5 Å². The van der Waals surface area contributed by atoms with Crippen molar-refractivity contribution in [3.8, 4) is 11.5 Å². The summed E-state index contributed by atoms with van der Waals surface area (Å²) in [6, 6.07) is 10.5. The van der Waals surface area contributed by atoms with Crippen molar-refractivity contribution in [3.05, 3.63) is 60.7 Å². The molecule has 1 atom stereocenters. The molecule has 1 N–H and O–H groups in total. The third-order valence-corrected chi connectivity index (χ3v) is 9.58. The lowest BCUT2D eigenvalue weighted by atomic mass is 10.1. The maximum absolute atomic E-state index is 13.7. The van der Waals surface area contributed by atoms with Gasteiger partial charge in [-0.05, 0) is 44.4 Å². The molecule has 43 heavy (non-hydrogen) atoms. The molecule has 11 heteroatoms. The van der Waals surface area contributed by atoms with Crippen molar-refractivity contribution in [2.24, 2.45) is 0 Å². The van der Waals surface area contributed by atoms with Crippen molar-refractivity contribution in [3.63, 3.8) is 0 Å². The molecule has 0 aliphatic carbocycles. The Kier molecular flexibility index (Phi) is 16.7. The minimum atomic E-state index is -0.534. The first-order valence-electron chi connectivity index (χ1n) is 14.2. The van der Waals surface area contributed by atoms with Gasteiger partial charge in [-0.25, -0.2) is 4.79 Å². The first-order valence-corrected chi connectivity index (χ1v) is 16.5. The minimum Gasteiger partial charge on any atom is -0.504 e. The Bertz CT molecular complexity index is 1190. The van der Waals surface area contributed by atoms with E-state index < -0.39 is 6.09 Å². The van der Waals surface area contributed by atoms with E-state index in [-0.39, 0.29) is 41.3 Å². The molecule has 4 rings (SSSR count). The zero-order valence-electron chi connectivity index (χ0n) is 26.4. The predicted octanol–water partition coefficient (Wildman–Crippen LogP) is 7.51. The molecule has 2 aromatic carbocycles. The van der Waals surface area contributed by atoms with Crippen molar-refractivity contribution in [2.75, 3.05) is 42.9 Å². The number of carbonyl (C=O) groups is 3. The molecule has 0 saturated carbocycles. The van der Waals surface area contributed by atoms with Crippen LogP contribution in [0.1, 0.15) is 63.4 Å². The lowest BCUT2D eigenvalue weighted by Crippen LogP contribution is -2.44. The second-order valence-corrected chi connectivity index (χ2v) is 12.8. The number of rotatable bonds is 9. The summed E-state index contributed by atoms with van der Waals surface area (Å²) >= 11 is 0. The summed E-state index contributed by atoms with van der Waals surface area (Å²) in [5.74, 6) is 0.867. The first kappa shape index (κ1) is 37.7. The largest absolute Gasteiger partial charge is 0.504 e. The number of carbonyl (C=O) groups excluding carboxylic acids is 3. The number of aromatic hydroxyl groups is 1. The highest BCUT2D eigenvalue weighted by Gasteiger charge is 2.42. The molecule has 9 nitrogen and oxygen atoms in total. The van der Waals surface area contributed by atoms with Crippen LogP contribution in [-0.2, 0) is 20.7 Å². The smallest absolute Gasteiger partial charge is 0.414 e. The van der Waals surface area contributed by atoms with Crippen molar-refractivity contribution in [1.29, 1.82) is 0 Å². The summed E-state index contributed by atoms with van der Waals surface area (Å²) < 4.78 is 14.6. The quantitative estimate of drug-likeness (QED) is 0.130. The number of phenolic OH excluding ortho intramolecular Hbond substituents is 1. The van der Waals surface area contributed by atoms with Crippen LogP contribution in [-0.4, -0.2) is 67.5 Å². The molecule has 1 unspecified atom stereocenters. The number of phenols is 1. The molecule has 0 spiro atoms. The van der Waals surface area contributed by atoms with Gasteiger partial charge in [0.15, 0.2) is 11.5 Å². The first-order chi connectivity index (χ1) is 20.7. The van der Waals surface area contributed by atoms with Crippen LogP contribution in [0.3, 0.4) is 0 Å². The Labute approximate surface area is 264 Å². The minimum absolute atomic E-state index is 0.137. The van der Waals surface area contributed by atoms with Gasteiger partial charge in [-0.3, -0.25) is 14.5 Å². The zero-order chi connectivity index (χ0) is 32.6. The molecule has 0 aromatic heterocycles. The number of nitrogens with zero attached hydrogens (tertiary/aromatic N) is 2. The monoisotopic (exact) mass is 634 g/mol. The van der Waals surface area contributed by atoms with Crippen LogP contribution in [0.5, 0.6) is 11.5 Å². The topological polar surface area (TPSA) is 106 Å². The Morgan fingerprint density at radius 2 is 1.81 bits per heavy atom. The number of anilines is 2. The van der Waals surface area contributed by atoms with E-state index in [2.05, 4.69) is 38.7 Å². The summed E-state index contributed by atoms with van der Waals surface area (Å²) in [6.07, 6.45) is 2.40. The number of benzene rings is 2. The number of para-hydroxylation sites is 1. The maximum atomic E-state index is 13.7. The fraction of sp³-hybridized carbons (Fsp3) is 0.469. The Morgan fingerprint density at radius 3 is 2.42 bits per heavy atom. The van der Waals surface area contributed by atoms with Gasteiger partial charge in [0.1, 0.15) is 6.61 Å². The van der Waals surface area contributed by atoms with E-state index in [1.807, 2.05) is 38.1 Å². The molecule has 0 saturated heterocycles. The standard InChI is InChI=1S/C26H32N2O5S2.C2H4O2.C2H6.C2H4/c1-5-6-11-34-35-26(2,3)16-33-25(31)27-15-18-12-17-9-7-8-10-20(17)28(18)24(30)19-13-23(32-4)22(29)14-21(19)27;1-4-2-3;2*1-2/h7-10,13-14,18,29H,5-6,11-12,15-16H2,1-4H3;2H,1H3;1-2H3;1-2H2. The number of hydrogen-bond acceptors (Lipinski definition) is 9. The molecule has 2 heterocycles. The van der Waals surface area contributed by atoms with Gasteiger partial charge in [-0.1, -0.05) is 67.0 Å². The van der Waals surface area contributed by atoms with Crippen LogP contribution in [0.2, 0.25) is 0 Å². The van der Waals surface area contributed by atoms with Gasteiger partial charge in [0.25, 0.3) is 12.4 Å². The van der Waals surface area contributed by atoms with Gasteiger partial charge in [-0.2, -0.15) is 0 Å². The van der Waals surface area contributed by atoms with Crippen LogP contribution in [0.4, 0.5) is 16.2 Å². The lowest BCUT2D eigenvalue weighted by molar-refractivity contribution is -0.126. The summed E-state index contributed by atoms with van der Waals surface area (Å²) in [5.41, 5.74) is 2.53. The second-order valence-electron chi connectivity index (χ2n) is 9.72. The van der Waals surface area contributed by atoms with Crippen molar-refractivity contribution < 1.29 is 33.7 Å². The molecular formula is C32H46N2O7S2. The van der Waals surface area contributed by atoms with Crippen molar-refractivity contribution in [2.45, 2.75) is 64.7 Å². The van der Waals surface area contributed by atoms with Crippen molar-refractivity contribution >= 4 is 51.4 Å². The van der Waals surface area contributed by atoms with Crippen LogP contribution in [0.25, 0.3) is 0 Å². The van der Waals surface area contributed by atoms with Gasteiger partial charge >= 0.3 is 6.09 Å². The highest BCUT2D eigenvalue weighted by Crippen LogP contribution is 2.42. The summed E-state index contributed by atoms with van der Waals surface area (Å²) in [4.78, 5) is 39.3. The summed E-state index contributed by atoms with van der Waals surface area (Å²) in [6.45, 7) is 17.1. The van der Waals surface area contributed by atoms with Gasteiger partial charge in [0.2, 0.25) is 0 Å². The second kappa shape index (κ2) is 19.1. The van der Waals surface area contributed by atoms with Crippen LogP contribution < -0.4 is 14.5 Å². The molecule has 2 aliphatic rings. The van der Waals surface area contributed by atoms with E-state index in [9.17, 15) is 14.7 Å². The number of hydrogen-bond donors (Lipinski definition) is 1. The predicted molar refractivity (Wildman–Crippen MR) is 179 cm³/mol. The van der Waals surface area contributed by atoms with Crippen LogP contribution in [0, 0.1) is 0 Å². The van der Waals surface area contributed by atoms with E-state index in [1.54, 1.807) is 26.5 Å².